The second-order valence-corrected chi connectivity index (χ2v) is 9.07. The van der Waals surface area contributed by atoms with Crippen molar-refractivity contribution in [2.45, 2.75) is 70.3 Å². The standard InChI is InChI=1S/C28H36N2O5/c1-2-11-20(18-27(32)33)30-26(31)16-5-3-4-10-17-29-28(34)35-19-25-23-14-8-6-12-21(23)22-13-7-9-15-24(22)25/h6-9,12-15,20,25H,2-5,10-11,16-19H2,1H3,(H,29,34)(H,30,31)(H,32,33)/t20-/m1/s1. The van der Waals surface area contributed by atoms with E-state index in [0.717, 1.165) is 32.1 Å². The van der Waals surface area contributed by atoms with E-state index in [0.29, 0.717) is 26.0 Å². The summed E-state index contributed by atoms with van der Waals surface area (Å²) in [6.45, 7) is 2.80. The van der Waals surface area contributed by atoms with Crippen molar-refractivity contribution in [1.82, 2.24) is 10.6 Å². The average Bonchev–Trinajstić information content (AvgIpc) is 3.15. The molecule has 35 heavy (non-hydrogen) atoms. The minimum absolute atomic E-state index is 0.0406. The van der Waals surface area contributed by atoms with Gasteiger partial charge in [0.15, 0.2) is 0 Å². The lowest BCUT2D eigenvalue weighted by atomic mass is 9.98. The summed E-state index contributed by atoms with van der Waals surface area (Å²) in [6.07, 6.45) is 4.75. The summed E-state index contributed by atoms with van der Waals surface area (Å²) >= 11 is 0. The lowest BCUT2D eigenvalue weighted by molar-refractivity contribution is -0.137. The summed E-state index contributed by atoms with van der Waals surface area (Å²) in [6, 6.07) is 16.2. The molecule has 0 aromatic heterocycles. The minimum Gasteiger partial charge on any atom is -0.481 e. The number of unbranched alkanes of at least 4 members (excludes halogenated alkanes) is 3. The number of carbonyl (C=O) groups excluding carboxylic acids is 2. The van der Waals surface area contributed by atoms with Crippen LogP contribution >= 0.6 is 0 Å². The van der Waals surface area contributed by atoms with Crippen molar-refractivity contribution >= 4 is 18.0 Å². The molecule has 0 aliphatic heterocycles. The molecule has 1 atom stereocenters. The van der Waals surface area contributed by atoms with Gasteiger partial charge in [-0.05, 0) is 41.5 Å². The molecule has 0 fully saturated rings. The van der Waals surface area contributed by atoms with Crippen molar-refractivity contribution in [2.75, 3.05) is 13.2 Å². The highest BCUT2D eigenvalue weighted by atomic mass is 16.5. The lowest BCUT2D eigenvalue weighted by Crippen LogP contribution is -2.36. The SMILES string of the molecule is CCC[C@H](CC(=O)O)NC(=O)CCCCCCNC(=O)OCC1c2ccccc2-c2ccccc21. The fourth-order valence-corrected chi connectivity index (χ4v) is 4.69. The van der Waals surface area contributed by atoms with E-state index < -0.39 is 12.1 Å². The molecular weight excluding hydrogens is 444 g/mol. The summed E-state index contributed by atoms with van der Waals surface area (Å²) in [4.78, 5) is 35.1. The van der Waals surface area contributed by atoms with Crippen LogP contribution in [0, 0.1) is 0 Å². The Bertz CT molecular complexity index is 961. The molecular formula is C28H36N2O5. The molecule has 0 spiro atoms. The Morgan fingerprint density at radius 2 is 1.57 bits per heavy atom. The van der Waals surface area contributed by atoms with Crippen LogP contribution in [0.3, 0.4) is 0 Å². The predicted octanol–water partition coefficient (Wildman–Crippen LogP) is 5.24. The van der Waals surface area contributed by atoms with E-state index in [1.807, 2.05) is 31.2 Å². The third kappa shape index (κ3) is 7.84. The normalized spacial score (nSPS) is 12.9. The number of nitrogens with one attached hydrogen (secondary N) is 2. The number of amides is 2. The number of fused-ring (bicyclic) bond motifs is 3. The number of carbonyl (C=O) groups is 3. The maximum Gasteiger partial charge on any atom is 0.407 e. The molecule has 0 bridgehead atoms. The molecule has 1 aliphatic carbocycles. The number of aliphatic carboxylic acids is 1. The molecule has 7 heteroatoms. The van der Waals surface area contributed by atoms with Gasteiger partial charge in [0.25, 0.3) is 0 Å². The zero-order valence-electron chi connectivity index (χ0n) is 20.4. The lowest BCUT2D eigenvalue weighted by Gasteiger charge is -2.16. The van der Waals surface area contributed by atoms with Crippen molar-refractivity contribution in [2.24, 2.45) is 0 Å². The van der Waals surface area contributed by atoms with Crippen LogP contribution in [-0.4, -0.2) is 42.3 Å². The second kappa shape index (κ2) is 13.5. The van der Waals surface area contributed by atoms with Gasteiger partial charge in [0, 0.05) is 24.9 Å². The summed E-state index contributed by atoms with van der Waals surface area (Å²) in [5, 5.41) is 14.6. The van der Waals surface area contributed by atoms with Crippen LogP contribution in [0.4, 0.5) is 4.79 Å². The van der Waals surface area contributed by atoms with E-state index in [1.54, 1.807) is 0 Å². The van der Waals surface area contributed by atoms with Gasteiger partial charge in [0.2, 0.25) is 5.91 Å². The van der Waals surface area contributed by atoms with Crippen molar-refractivity contribution in [3.05, 3.63) is 59.7 Å². The van der Waals surface area contributed by atoms with Gasteiger partial charge in [0.1, 0.15) is 6.61 Å². The van der Waals surface area contributed by atoms with Crippen LogP contribution < -0.4 is 10.6 Å². The number of ether oxygens (including phenoxy) is 1. The first-order chi connectivity index (χ1) is 17.0. The van der Waals surface area contributed by atoms with Crippen LogP contribution in [0.5, 0.6) is 0 Å². The molecule has 0 saturated heterocycles. The Labute approximate surface area is 207 Å². The quantitative estimate of drug-likeness (QED) is 0.321. The Hall–Kier alpha value is -3.35. The zero-order chi connectivity index (χ0) is 25.0. The van der Waals surface area contributed by atoms with Gasteiger partial charge in [-0.1, -0.05) is 74.7 Å². The zero-order valence-corrected chi connectivity index (χ0v) is 20.4. The molecule has 2 amide bonds. The van der Waals surface area contributed by atoms with Crippen LogP contribution in [-0.2, 0) is 14.3 Å². The largest absolute Gasteiger partial charge is 0.481 e. The van der Waals surface area contributed by atoms with Gasteiger partial charge in [-0.15, -0.1) is 0 Å². The molecule has 0 unspecified atom stereocenters. The molecule has 3 rings (SSSR count). The van der Waals surface area contributed by atoms with Crippen LogP contribution in [0.15, 0.2) is 48.5 Å². The maximum atomic E-state index is 12.2. The second-order valence-electron chi connectivity index (χ2n) is 9.07. The third-order valence-electron chi connectivity index (χ3n) is 6.37. The van der Waals surface area contributed by atoms with E-state index in [2.05, 4.69) is 34.9 Å². The van der Waals surface area contributed by atoms with Crippen molar-refractivity contribution < 1.29 is 24.2 Å². The average molecular weight is 481 g/mol. The summed E-state index contributed by atoms with van der Waals surface area (Å²) in [5.41, 5.74) is 4.78. The molecule has 2 aromatic rings. The summed E-state index contributed by atoms with van der Waals surface area (Å²) < 4.78 is 5.54. The number of carboxylic acid groups (broad SMARTS) is 1. The first-order valence-corrected chi connectivity index (χ1v) is 12.6. The monoisotopic (exact) mass is 480 g/mol. The van der Waals surface area contributed by atoms with E-state index in [1.165, 1.54) is 22.3 Å². The van der Waals surface area contributed by atoms with Gasteiger partial charge >= 0.3 is 12.1 Å². The van der Waals surface area contributed by atoms with Crippen molar-refractivity contribution in [3.63, 3.8) is 0 Å². The highest BCUT2D eigenvalue weighted by molar-refractivity contribution is 5.79. The Morgan fingerprint density at radius 1 is 0.943 bits per heavy atom. The smallest absolute Gasteiger partial charge is 0.407 e. The van der Waals surface area contributed by atoms with E-state index in [-0.39, 0.29) is 24.3 Å². The summed E-state index contributed by atoms with van der Waals surface area (Å²) in [7, 11) is 0. The van der Waals surface area contributed by atoms with Gasteiger partial charge in [-0.3, -0.25) is 9.59 Å². The maximum absolute atomic E-state index is 12.2. The van der Waals surface area contributed by atoms with Gasteiger partial charge in [0.05, 0.1) is 6.42 Å². The third-order valence-corrected chi connectivity index (χ3v) is 6.37. The first kappa shape index (κ1) is 26.3. The van der Waals surface area contributed by atoms with E-state index in [4.69, 9.17) is 9.84 Å². The Kier molecular flexibility index (Phi) is 10.1. The fourth-order valence-electron chi connectivity index (χ4n) is 4.69. The number of alkyl carbamates (subject to hydrolysis) is 1. The molecule has 0 saturated carbocycles. The molecule has 1 aliphatic rings. The minimum atomic E-state index is -0.896. The molecule has 2 aromatic carbocycles. The molecule has 0 heterocycles. The Morgan fingerprint density at radius 3 is 2.20 bits per heavy atom. The van der Waals surface area contributed by atoms with Crippen molar-refractivity contribution in [3.8, 4) is 11.1 Å². The number of rotatable bonds is 14. The van der Waals surface area contributed by atoms with Gasteiger partial charge < -0.3 is 20.5 Å². The van der Waals surface area contributed by atoms with Crippen LogP contribution in [0.2, 0.25) is 0 Å². The van der Waals surface area contributed by atoms with Gasteiger partial charge in [-0.25, -0.2) is 4.79 Å². The topological polar surface area (TPSA) is 105 Å². The van der Waals surface area contributed by atoms with Crippen LogP contribution in [0.1, 0.15) is 75.3 Å². The number of benzene rings is 2. The van der Waals surface area contributed by atoms with Crippen LogP contribution in [0.25, 0.3) is 11.1 Å². The molecule has 7 nitrogen and oxygen atoms in total. The molecule has 3 N–H and O–H groups in total. The number of hydrogen-bond acceptors (Lipinski definition) is 4. The fraction of sp³-hybridized carbons (Fsp3) is 0.464. The van der Waals surface area contributed by atoms with Crippen molar-refractivity contribution in [1.29, 1.82) is 0 Å². The summed E-state index contributed by atoms with van der Waals surface area (Å²) in [5.74, 6) is -0.944. The highest BCUT2D eigenvalue weighted by Crippen LogP contribution is 2.44. The highest BCUT2D eigenvalue weighted by Gasteiger charge is 2.28. The van der Waals surface area contributed by atoms with Gasteiger partial charge in [-0.2, -0.15) is 0 Å². The molecule has 188 valence electrons. The molecule has 0 radical (unpaired) electrons. The predicted molar refractivity (Wildman–Crippen MR) is 135 cm³/mol. The first-order valence-electron chi connectivity index (χ1n) is 12.6. The Balaban J connectivity index is 1.29. The number of carboxylic acids is 1. The van der Waals surface area contributed by atoms with E-state index in [9.17, 15) is 14.4 Å². The van der Waals surface area contributed by atoms with E-state index >= 15 is 0 Å². The number of hydrogen-bond donors (Lipinski definition) is 3.